The van der Waals surface area contributed by atoms with Crippen LogP contribution >= 0.6 is 22.7 Å². The van der Waals surface area contributed by atoms with Crippen molar-refractivity contribution in [2.75, 3.05) is 36.8 Å². The van der Waals surface area contributed by atoms with Gasteiger partial charge in [-0.05, 0) is 32.9 Å². The highest BCUT2D eigenvalue weighted by molar-refractivity contribution is 7.19. The van der Waals surface area contributed by atoms with Crippen molar-refractivity contribution in [3.05, 3.63) is 11.1 Å². The zero-order chi connectivity index (χ0) is 16.2. The normalized spacial score (nSPS) is 15.0. The summed E-state index contributed by atoms with van der Waals surface area (Å²) in [4.78, 5) is 23.6. The summed E-state index contributed by atoms with van der Waals surface area (Å²) in [5.74, 6) is -0.104. The first-order valence-corrected chi connectivity index (χ1v) is 9.48. The van der Waals surface area contributed by atoms with Crippen LogP contribution in [0.3, 0.4) is 0 Å². The van der Waals surface area contributed by atoms with E-state index in [1.54, 1.807) is 11.3 Å². The number of carbonyl (C=O) groups is 1. The summed E-state index contributed by atoms with van der Waals surface area (Å²) in [5.41, 5.74) is 1.82. The van der Waals surface area contributed by atoms with Gasteiger partial charge in [0.1, 0.15) is 0 Å². The van der Waals surface area contributed by atoms with Crippen LogP contribution in [0.15, 0.2) is 5.38 Å². The van der Waals surface area contributed by atoms with E-state index in [9.17, 15) is 4.79 Å². The van der Waals surface area contributed by atoms with Crippen LogP contribution in [0.5, 0.6) is 0 Å². The molecule has 1 fully saturated rings. The van der Waals surface area contributed by atoms with Crippen LogP contribution < -0.4 is 10.6 Å². The van der Waals surface area contributed by atoms with Crippen LogP contribution in [-0.2, 0) is 4.79 Å². The predicted octanol–water partition coefficient (Wildman–Crippen LogP) is 3.04. The van der Waals surface area contributed by atoms with E-state index >= 15 is 0 Å². The van der Waals surface area contributed by atoms with E-state index in [1.165, 1.54) is 44.2 Å². The van der Waals surface area contributed by atoms with Crippen molar-refractivity contribution in [3.63, 3.8) is 0 Å². The number of likely N-dealkylation sites (tertiary alicyclic amines) is 1. The third-order valence-electron chi connectivity index (χ3n) is 3.72. The molecule has 2 N–H and O–H groups in total. The number of rotatable bonds is 6. The van der Waals surface area contributed by atoms with Gasteiger partial charge in [0.2, 0.25) is 5.91 Å². The highest BCUT2D eigenvalue weighted by Crippen LogP contribution is 2.34. The predicted molar refractivity (Wildman–Crippen MR) is 96.4 cm³/mol. The average molecular weight is 352 g/mol. The Hall–Kier alpha value is -1.51. The second-order valence-electron chi connectivity index (χ2n) is 5.63. The zero-order valence-corrected chi connectivity index (χ0v) is 15.0. The second-order valence-corrected chi connectivity index (χ2v) is 7.49. The van der Waals surface area contributed by atoms with Crippen molar-refractivity contribution < 1.29 is 4.79 Å². The molecule has 1 saturated heterocycles. The van der Waals surface area contributed by atoms with Crippen molar-refractivity contribution in [1.29, 1.82) is 0 Å². The molecular formula is C15H21N5OS2. The summed E-state index contributed by atoms with van der Waals surface area (Å²) in [6, 6.07) is 0. The largest absolute Gasteiger partial charge is 0.360 e. The van der Waals surface area contributed by atoms with Gasteiger partial charge in [0.15, 0.2) is 10.3 Å². The minimum absolute atomic E-state index is 0.104. The summed E-state index contributed by atoms with van der Waals surface area (Å²) in [6.07, 6.45) is 2.64. The summed E-state index contributed by atoms with van der Waals surface area (Å²) in [6.45, 7) is 7.86. The molecule has 3 heterocycles. The number of carbonyl (C=O) groups excluding carboxylic acids is 1. The molecule has 23 heavy (non-hydrogen) atoms. The first kappa shape index (κ1) is 16.4. The fourth-order valence-electron chi connectivity index (χ4n) is 2.62. The Kier molecular flexibility index (Phi) is 5.24. The van der Waals surface area contributed by atoms with Crippen LogP contribution in [0.4, 0.5) is 10.3 Å². The summed E-state index contributed by atoms with van der Waals surface area (Å²) in [7, 11) is 0. The Morgan fingerprint density at radius 1 is 1.30 bits per heavy atom. The lowest BCUT2D eigenvalue weighted by Gasteiger charge is -2.14. The molecule has 8 heteroatoms. The number of hydrogen-bond donors (Lipinski definition) is 2. The number of amides is 1. The molecule has 1 amide bonds. The van der Waals surface area contributed by atoms with Crippen molar-refractivity contribution in [1.82, 2.24) is 14.9 Å². The number of thiazole rings is 2. The summed E-state index contributed by atoms with van der Waals surface area (Å²) in [5, 5.41) is 9.73. The maximum absolute atomic E-state index is 11.1. The molecule has 1 aliphatic rings. The molecule has 1 aliphatic heterocycles. The van der Waals surface area contributed by atoms with E-state index in [2.05, 4.69) is 25.5 Å². The molecule has 6 nitrogen and oxygen atoms in total. The van der Waals surface area contributed by atoms with E-state index in [0.717, 1.165) is 34.5 Å². The lowest BCUT2D eigenvalue weighted by Crippen LogP contribution is -2.25. The van der Waals surface area contributed by atoms with Gasteiger partial charge in [-0.2, -0.15) is 0 Å². The van der Waals surface area contributed by atoms with Gasteiger partial charge in [-0.25, -0.2) is 9.97 Å². The molecule has 0 atom stereocenters. The Balaban J connectivity index is 1.59. The Bertz CT molecular complexity index is 675. The molecule has 0 bridgehead atoms. The molecule has 0 unspecified atom stereocenters. The number of aryl methyl sites for hydroxylation is 1. The molecule has 2 aromatic rings. The number of nitrogens with zero attached hydrogens (tertiary/aromatic N) is 3. The molecule has 0 aromatic carbocycles. The van der Waals surface area contributed by atoms with Gasteiger partial charge in [-0.15, -0.1) is 11.3 Å². The van der Waals surface area contributed by atoms with Crippen molar-refractivity contribution in [2.45, 2.75) is 26.7 Å². The van der Waals surface area contributed by atoms with Gasteiger partial charge >= 0.3 is 0 Å². The maximum atomic E-state index is 11.1. The Morgan fingerprint density at radius 3 is 2.83 bits per heavy atom. The molecule has 0 spiro atoms. The standard InChI is InChI=1S/C15H21N5OS2/c1-10-13(23-15(17-10)18-11(2)21)12-9-22-14(19-12)16-5-8-20-6-3-4-7-20/h9H,3-8H2,1-2H3,(H,16,19)(H,17,18,21). The highest BCUT2D eigenvalue weighted by atomic mass is 32.1. The second kappa shape index (κ2) is 7.37. The SMILES string of the molecule is CC(=O)Nc1nc(C)c(-c2csc(NCCN3CCCC3)n2)s1. The Morgan fingerprint density at radius 2 is 2.09 bits per heavy atom. The van der Waals surface area contributed by atoms with Crippen LogP contribution in [-0.4, -0.2) is 47.0 Å². The van der Waals surface area contributed by atoms with Crippen LogP contribution in [0.25, 0.3) is 10.6 Å². The van der Waals surface area contributed by atoms with Crippen molar-refractivity contribution in [3.8, 4) is 10.6 Å². The van der Waals surface area contributed by atoms with Gasteiger partial charge in [-0.3, -0.25) is 4.79 Å². The molecule has 0 radical (unpaired) electrons. The van der Waals surface area contributed by atoms with E-state index < -0.39 is 0 Å². The molecule has 2 aromatic heterocycles. The van der Waals surface area contributed by atoms with Gasteiger partial charge in [-0.1, -0.05) is 11.3 Å². The van der Waals surface area contributed by atoms with Crippen molar-refractivity contribution in [2.24, 2.45) is 0 Å². The number of hydrogen-bond acceptors (Lipinski definition) is 7. The van der Waals surface area contributed by atoms with Crippen LogP contribution in [0, 0.1) is 6.92 Å². The lowest BCUT2D eigenvalue weighted by atomic mass is 10.3. The Labute approximate surface area is 144 Å². The molecule has 3 rings (SSSR count). The van der Waals surface area contributed by atoms with E-state index in [1.807, 2.05) is 12.3 Å². The van der Waals surface area contributed by atoms with Crippen molar-refractivity contribution >= 4 is 38.8 Å². The minimum Gasteiger partial charge on any atom is -0.360 e. The molecule has 0 saturated carbocycles. The van der Waals surface area contributed by atoms with Crippen LogP contribution in [0.1, 0.15) is 25.5 Å². The highest BCUT2D eigenvalue weighted by Gasteiger charge is 2.14. The smallest absolute Gasteiger partial charge is 0.223 e. The fourth-order valence-corrected chi connectivity index (χ4v) is 4.40. The fraction of sp³-hybridized carbons (Fsp3) is 0.533. The first-order valence-electron chi connectivity index (χ1n) is 7.79. The topological polar surface area (TPSA) is 70.2 Å². The molecular weight excluding hydrogens is 330 g/mol. The van der Waals surface area contributed by atoms with Gasteiger partial charge in [0.25, 0.3) is 0 Å². The zero-order valence-electron chi connectivity index (χ0n) is 13.4. The summed E-state index contributed by atoms with van der Waals surface area (Å²) >= 11 is 3.07. The quantitative estimate of drug-likeness (QED) is 0.837. The van der Waals surface area contributed by atoms with Gasteiger partial charge in [0.05, 0.1) is 16.3 Å². The number of anilines is 2. The van der Waals surface area contributed by atoms with E-state index in [-0.39, 0.29) is 5.91 Å². The lowest BCUT2D eigenvalue weighted by molar-refractivity contribution is -0.114. The third kappa shape index (κ3) is 4.27. The maximum Gasteiger partial charge on any atom is 0.223 e. The number of aromatic nitrogens is 2. The molecule has 124 valence electrons. The summed E-state index contributed by atoms with van der Waals surface area (Å²) < 4.78 is 0. The van der Waals surface area contributed by atoms with E-state index in [0.29, 0.717) is 5.13 Å². The monoisotopic (exact) mass is 351 g/mol. The molecule has 0 aliphatic carbocycles. The van der Waals surface area contributed by atoms with Gasteiger partial charge in [0, 0.05) is 25.4 Å². The van der Waals surface area contributed by atoms with E-state index in [4.69, 9.17) is 0 Å². The third-order valence-corrected chi connectivity index (χ3v) is 5.61. The average Bonchev–Trinajstić information content (AvgIpc) is 3.20. The number of nitrogens with one attached hydrogen (secondary N) is 2. The van der Waals surface area contributed by atoms with Crippen LogP contribution in [0.2, 0.25) is 0 Å². The minimum atomic E-state index is -0.104. The van der Waals surface area contributed by atoms with Gasteiger partial charge < -0.3 is 15.5 Å². The first-order chi connectivity index (χ1) is 11.1.